The van der Waals surface area contributed by atoms with E-state index < -0.39 is 10.8 Å². The Morgan fingerprint density at radius 2 is 1.80 bits per heavy atom. The third kappa shape index (κ3) is 3.33. The van der Waals surface area contributed by atoms with Gasteiger partial charge in [-0.05, 0) is 23.6 Å². The number of benzene rings is 3. The van der Waals surface area contributed by atoms with Crippen LogP contribution in [0.25, 0.3) is 16.5 Å². The van der Waals surface area contributed by atoms with Gasteiger partial charge in [-0.25, -0.2) is 4.68 Å². The number of hydrogen-bond donors (Lipinski definition) is 2. The van der Waals surface area contributed by atoms with Crippen LogP contribution in [0.2, 0.25) is 0 Å². The van der Waals surface area contributed by atoms with Crippen LogP contribution in [-0.2, 0) is 0 Å². The molecule has 1 heterocycles. The fourth-order valence-corrected chi connectivity index (χ4v) is 2.96. The van der Waals surface area contributed by atoms with E-state index in [1.165, 1.54) is 41.2 Å². The molecule has 3 N–H and O–H groups in total. The van der Waals surface area contributed by atoms with Gasteiger partial charge in [0.2, 0.25) is 0 Å². The van der Waals surface area contributed by atoms with Crippen LogP contribution in [0, 0.1) is 10.1 Å². The molecule has 0 aliphatic heterocycles. The molecule has 10 heteroatoms. The molecule has 0 radical (unpaired) electrons. The Morgan fingerprint density at radius 3 is 2.50 bits per heavy atom. The van der Waals surface area contributed by atoms with Gasteiger partial charge in [0.1, 0.15) is 17.0 Å². The molecule has 10 nitrogen and oxygen atoms in total. The molecule has 0 bridgehead atoms. The minimum atomic E-state index is -0.765. The van der Waals surface area contributed by atoms with E-state index in [0.29, 0.717) is 11.1 Å². The second kappa shape index (κ2) is 7.43. The SMILES string of the molecule is NC(=O)c1cnn(-c2ccc([N+](=O)[O-])cc2)c1N=Nc1c(O)ccc2ccccc12. The van der Waals surface area contributed by atoms with Crippen molar-refractivity contribution >= 4 is 33.9 Å². The van der Waals surface area contributed by atoms with E-state index in [2.05, 4.69) is 15.3 Å². The number of amides is 1. The molecule has 148 valence electrons. The summed E-state index contributed by atoms with van der Waals surface area (Å²) in [4.78, 5) is 22.2. The lowest BCUT2D eigenvalue weighted by Crippen LogP contribution is -2.10. The third-order valence-corrected chi connectivity index (χ3v) is 4.44. The molecular weight excluding hydrogens is 388 g/mol. The molecule has 30 heavy (non-hydrogen) atoms. The first-order valence-corrected chi connectivity index (χ1v) is 8.71. The first-order chi connectivity index (χ1) is 14.5. The van der Waals surface area contributed by atoms with Crippen LogP contribution in [0.5, 0.6) is 5.75 Å². The molecule has 1 aromatic heterocycles. The number of nitrogens with zero attached hydrogens (tertiary/aromatic N) is 5. The van der Waals surface area contributed by atoms with E-state index in [4.69, 9.17) is 5.73 Å². The Kier molecular flexibility index (Phi) is 4.64. The molecule has 0 aliphatic rings. The third-order valence-electron chi connectivity index (χ3n) is 4.44. The summed E-state index contributed by atoms with van der Waals surface area (Å²) in [6.45, 7) is 0. The molecule has 4 rings (SSSR count). The number of phenolic OH excluding ortho intramolecular Hbond substituents is 1. The number of non-ortho nitro benzene ring substituents is 1. The predicted molar refractivity (Wildman–Crippen MR) is 109 cm³/mol. The van der Waals surface area contributed by atoms with E-state index in [9.17, 15) is 20.0 Å². The second-order valence-corrected chi connectivity index (χ2v) is 6.29. The van der Waals surface area contributed by atoms with Crippen molar-refractivity contribution in [2.24, 2.45) is 16.0 Å². The number of carbonyl (C=O) groups is 1. The molecule has 0 atom stereocenters. The number of nitro benzene ring substituents is 1. The van der Waals surface area contributed by atoms with Crippen LogP contribution in [0.4, 0.5) is 17.2 Å². The zero-order chi connectivity index (χ0) is 21.3. The molecule has 1 amide bonds. The Balaban J connectivity index is 1.83. The number of primary amides is 1. The minimum absolute atomic E-state index is 0.0110. The van der Waals surface area contributed by atoms with Crippen molar-refractivity contribution in [3.8, 4) is 11.4 Å². The van der Waals surface area contributed by atoms with Crippen LogP contribution in [0.1, 0.15) is 10.4 Å². The van der Waals surface area contributed by atoms with Crippen molar-refractivity contribution in [1.29, 1.82) is 0 Å². The molecule has 0 spiro atoms. The largest absolute Gasteiger partial charge is 0.506 e. The minimum Gasteiger partial charge on any atom is -0.506 e. The first-order valence-electron chi connectivity index (χ1n) is 8.71. The van der Waals surface area contributed by atoms with Gasteiger partial charge in [-0.3, -0.25) is 14.9 Å². The summed E-state index contributed by atoms with van der Waals surface area (Å²) in [6, 6.07) is 16.1. The summed E-state index contributed by atoms with van der Waals surface area (Å²) in [5.41, 5.74) is 5.99. The standard InChI is InChI=1S/C20H14N6O4/c21-19(28)16-11-22-25(13-6-8-14(9-7-13)26(29)30)20(16)24-23-18-15-4-2-1-3-12(15)5-10-17(18)27/h1-11,27H,(H2,21,28). The summed E-state index contributed by atoms with van der Waals surface area (Å²) in [5.74, 6) is -0.817. The van der Waals surface area contributed by atoms with E-state index in [0.717, 1.165) is 5.39 Å². The van der Waals surface area contributed by atoms with Gasteiger partial charge in [0, 0.05) is 17.5 Å². The summed E-state index contributed by atoms with van der Waals surface area (Å²) < 4.78 is 1.29. The molecule has 3 aromatic carbocycles. The van der Waals surface area contributed by atoms with Gasteiger partial charge in [0.25, 0.3) is 11.6 Å². The average molecular weight is 402 g/mol. The van der Waals surface area contributed by atoms with Gasteiger partial charge < -0.3 is 10.8 Å². The lowest BCUT2D eigenvalue weighted by molar-refractivity contribution is -0.384. The van der Waals surface area contributed by atoms with Gasteiger partial charge in [0.15, 0.2) is 5.82 Å². The lowest BCUT2D eigenvalue weighted by Gasteiger charge is -2.06. The number of azo groups is 1. The summed E-state index contributed by atoms with van der Waals surface area (Å²) in [7, 11) is 0. The molecule has 4 aromatic rings. The monoisotopic (exact) mass is 402 g/mol. The average Bonchev–Trinajstić information content (AvgIpc) is 3.17. The van der Waals surface area contributed by atoms with Gasteiger partial charge in [-0.15, -0.1) is 10.2 Å². The lowest BCUT2D eigenvalue weighted by atomic mass is 10.1. The fourth-order valence-electron chi connectivity index (χ4n) is 2.96. The van der Waals surface area contributed by atoms with Crippen molar-refractivity contribution in [1.82, 2.24) is 9.78 Å². The Morgan fingerprint density at radius 1 is 1.07 bits per heavy atom. The number of carbonyl (C=O) groups excluding carboxylic acids is 1. The number of rotatable bonds is 5. The van der Waals surface area contributed by atoms with Gasteiger partial charge in [0.05, 0.1) is 16.8 Å². The number of aromatic nitrogens is 2. The number of hydrogen-bond acceptors (Lipinski definition) is 7. The van der Waals surface area contributed by atoms with Crippen molar-refractivity contribution in [2.75, 3.05) is 0 Å². The Bertz CT molecular complexity index is 1310. The summed E-state index contributed by atoms with van der Waals surface area (Å²) in [5, 5.41) is 35.0. The van der Waals surface area contributed by atoms with E-state index in [1.54, 1.807) is 18.2 Å². The van der Waals surface area contributed by atoms with Gasteiger partial charge in [-0.1, -0.05) is 30.3 Å². The Labute approximate surface area is 169 Å². The first kappa shape index (κ1) is 18.7. The Hall–Kier alpha value is -4.60. The highest BCUT2D eigenvalue weighted by Crippen LogP contribution is 2.36. The molecular formula is C20H14N6O4. The quantitative estimate of drug-likeness (QED) is 0.292. The predicted octanol–water partition coefficient (Wildman–Crippen LogP) is 4.15. The molecule has 0 saturated carbocycles. The molecule has 0 fully saturated rings. The van der Waals surface area contributed by atoms with Crippen molar-refractivity contribution in [3.63, 3.8) is 0 Å². The highest BCUT2D eigenvalue weighted by atomic mass is 16.6. The normalized spacial score (nSPS) is 11.2. The molecule has 0 aliphatic carbocycles. The van der Waals surface area contributed by atoms with E-state index in [1.807, 2.05) is 12.1 Å². The fraction of sp³-hybridized carbons (Fsp3) is 0. The molecule has 0 unspecified atom stereocenters. The smallest absolute Gasteiger partial charge is 0.269 e. The van der Waals surface area contributed by atoms with Crippen LogP contribution in [0.15, 0.2) is 77.1 Å². The maximum absolute atomic E-state index is 11.8. The zero-order valence-corrected chi connectivity index (χ0v) is 15.3. The van der Waals surface area contributed by atoms with Crippen molar-refractivity contribution in [3.05, 3.63) is 82.5 Å². The number of nitrogens with two attached hydrogens (primary N) is 1. The second-order valence-electron chi connectivity index (χ2n) is 6.29. The number of fused-ring (bicyclic) bond motifs is 1. The zero-order valence-electron chi connectivity index (χ0n) is 15.3. The van der Waals surface area contributed by atoms with Crippen LogP contribution in [0.3, 0.4) is 0 Å². The van der Waals surface area contributed by atoms with Crippen molar-refractivity contribution < 1.29 is 14.8 Å². The summed E-state index contributed by atoms with van der Waals surface area (Å²) >= 11 is 0. The topological polar surface area (TPSA) is 149 Å². The van der Waals surface area contributed by atoms with E-state index in [-0.39, 0.29) is 28.5 Å². The van der Waals surface area contributed by atoms with Crippen molar-refractivity contribution in [2.45, 2.75) is 0 Å². The maximum Gasteiger partial charge on any atom is 0.269 e. The number of phenols is 1. The van der Waals surface area contributed by atoms with Gasteiger partial charge in [-0.2, -0.15) is 5.10 Å². The van der Waals surface area contributed by atoms with Gasteiger partial charge >= 0.3 is 0 Å². The van der Waals surface area contributed by atoms with Crippen LogP contribution in [-0.4, -0.2) is 25.7 Å². The van der Waals surface area contributed by atoms with Crippen LogP contribution < -0.4 is 5.73 Å². The summed E-state index contributed by atoms with van der Waals surface area (Å²) in [6.07, 6.45) is 1.24. The molecule has 0 saturated heterocycles. The van der Waals surface area contributed by atoms with Crippen LogP contribution >= 0.6 is 0 Å². The maximum atomic E-state index is 11.8. The van der Waals surface area contributed by atoms with E-state index >= 15 is 0 Å². The number of aromatic hydroxyl groups is 1. The highest BCUT2D eigenvalue weighted by Gasteiger charge is 2.18. The number of nitro groups is 1. The highest BCUT2D eigenvalue weighted by molar-refractivity contribution is 5.97.